The molecule has 0 atom stereocenters. The van der Waals surface area contributed by atoms with Gasteiger partial charge in [0, 0.05) is 36.6 Å². The molecule has 0 fully saturated rings. The first kappa shape index (κ1) is 17.7. The Kier molecular flexibility index (Phi) is 6.51. The van der Waals surface area contributed by atoms with Crippen LogP contribution in [0.15, 0.2) is 41.1 Å². The number of hydrogen-bond donors (Lipinski definition) is 3. The molecule has 6 nitrogen and oxygen atoms in total. The normalized spacial score (nSPS) is 10.0. The maximum absolute atomic E-state index is 11.9. The summed E-state index contributed by atoms with van der Waals surface area (Å²) in [4.78, 5) is 34.9. The summed E-state index contributed by atoms with van der Waals surface area (Å²) >= 11 is 1.45. The Balaban J connectivity index is 1.74. The van der Waals surface area contributed by atoms with Gasteiger partial charge in [-0.2, -0.15) is 11.3 Å². The molecule has 7 heteroatoms. The highest BCUT2D eigenvalue weighted by molar-refractivity contribution is 7.08. The Hall–Kier alpha value is -2.67. The number of hydrogen-bond acceptors (Lipinski definition) is 4. The van der Waals surface area contributed by atoms with Crippen LogP contribution >= 0.6 is 11.3 Å². The van der Waals surface area contributed by atoms with Crippen LogP contribution in [0.2, 0.25) is 0 Å². The van der Waals surface area contributed by atoms with E-state index in [1.165, 1.54) is 11.3 Å². The third kappa shape index (κ3) is 5.51. The van der Waals surface area contributed by atoms with Gasteiger partial charge < -0.3 is 16.0 Å². The van der Waals surface area contributed by atoms with E-state index >= 15 is 0 Å². The van der Waals surface area contributed by atoms with Crippen LogP contribution < -0.4 is 16.0 Å². The van der Waals surface area contributed by atoms with Crippen molar-refractivity contribution in [3.63, 3.8) is 0 Å². The number of likely N-dealkylation sites (N-methyl/N-ethyl adjacent to an activating group) is 1. The first-order valence-corrected chi connectivity index (χ1v) is 8.42. The Bertz CT molecular complexity index is 696. The lowest BCUT2D eigenvalue weighted by atomic mass is 10.1. The predicted molar refractivity (Wildman–Crippen MR) is 94.1 cm³/mol. The van der Waals surface area contributed by atoms with Crippen molar-refractivity contribution in [2.75, 3.05) is 18.9 Å². The van der Waals surface area contributed by atoms with Crippen LogP contribution in [0.25, 0.3) is 0 Å². The molecule has 0 radical (unpaired) electrons. The molecule has 0 saturated carbocycles. The second kappa shape index (κ2) is 8.83. The zero-order valence-electron chi connectivity index (χ0n) is 13.3. The highest BCUT2D eigenvalue weighted by Crippen LogP contribution is 2.10. The first-order valence-electron chi connectivity index (χ1n) is 7.48. The van der Waals surface area contributed by atoms with Crippen LogP contribution in [0.3, 0.4) is 0 Å². The summed E-state index contributed by atoms with van der Waals surface area (Å²) in [5.41, 5.74) is 2.13. The lowest BCUT2D eigenvalue weighted by Crippen LogP contribution is -2.27. The Morgan fingerprint density at radius 3 is 2.42 bits per heavy atom. The lowest BCUT2D eigenvalue weighted by molar-refractivity contribution is -0.120. The molecule has 0 bridgehead atoms. The van der Waals surface area contributed by atoms with Crippen LogP contribution in [-0.2, 0) is 16.0 Å². The molecule has 3 amide bonds. The van der Waals surface area contributed by atoms with E-state index in [2.05, 4.69) is 16.0 Å². The number of nitrogens with one attached hydrogen (secondary N) is 3. The monoisotopic (exact) mass is 345 g/mol. The number of anilines is 1. The Morgan fingerprint density at radius 1 is 1.04 bits per heavy atom. The minimum absolute atomic E-state index is 0.0619. The minimum atomic E-state index is -0.181. The zero-order chi connectivity index (χ0) is 17.4. The topological polar surface area (TPSA) is 87.3 Å². The molecule has 1 aromatic heterocycles. The molecule has 126 valence electrons. The van der Waals surface area contributed by atoms with Gasteiger partial charge >= 0.3 is 0 Å². The summed E-state index contributed by atoms with van der Waals surface area (Å²) in [7, 11) is 1.59. The van der Waals surface area contributed by atoms with Crippen LogP contribution in [0.5, 0.6) is 0 Å². The van der Waals surface area contributed by atoms with E-state index in [0.29, 0.717) is 17.7 Å². The molecule has 1 heterocycles. The molecule has 0 unspecified atom stereocenters. The molecule has 0 spiro atoms. The standard InChI is InChI=1S/C17H19N3O3S/c1-18-16(22)10-12-2-4-14(5-3-12)20-15(21)6-8-19-17(23)13-7-9-24-11-13/h2-5,7,9,11H,6,8,10H2,1H3,(H,18,22)(H,19,23)(H,20,21). The summed E-state index contributed by atoms with van der Waals surface area (Å²) in [6, 6.07) is 8.83. The maximum atomic E-state index is 11.9. The van der Waals surface area contributed by atoms with Gasteiger partial charge in [0.1, 0.15) is 0 Å². The largest absolute Gasteiger partial charge is 0.359 e. The van der Waals surface area contributed by atoms with Crippen LogP contribution in [0.4, 0.5) is 5.69 Å². The molecule has 0 aliphatic rings. The highest BCUT2D eigenvalue weighted by atomic mass is 32.1. The van der Waals surface area contributed by atoms with Gasteiger partial charge in [0.25, 0.3) is 5.91 Å². The van der Waals surface area contributed by atoms with Crippen LogP contribution in [0.1, 0.15) is 22.3 Å². The maximum Gasteiger partial charge on any atom is 0.252 e. The molecule has 2 aromatic rings. The van der Waals surface area contributed by atoms with Crippen molar-refractivity contribution in [3.05, 3.63) is 52.2 Å². The van der Waals surface area contributed by atoms with Crippen molar-refractivity contribution >= 4 is 34.7 Å². The zero-order valence-corrected chi connectivity index (χ0v) is 14.1. The molecule has 1 aromatic carbocycles. The van der Waals surface area contributed by atoms with E-state index in [4.69, 9.17) is 0 Å². The molecule has 24 heavy (non-hydrogen) atoms. The molecule has 3 N–H and O–H groups in total. The summed E-state index contributed by atoms with van der Waals surface area (Å²) in [6.07, 6.45) is 0.495. The summed E-state index contributed by atoms with van der Waals surface area (Å²) in [6.45, 7) is 0.273. The first-order chi connectivity index (χ1) is 11.6. The quantitative estimate of drug-likeness (QED) is 0.715. The molecular formula is C17H19N3O3S. The van der Waals surface area contributed by atoms with Gasteiger partial charge in [0.15, 0.2) is 0 Å². The molecular weight excluding hydrogens is 326 g/mol. The molecule has 2 rings (SSSR count). The SMILES string of the molecule is CNC(=O)Cc1ccc(NC(=O)CCNC(=O)c2ccsc2)cc1. The Labute approximate surface area is 144 Å². The van der Waals surface area contributed by atoms with Crippen molar-refractivity contribution < 1.29 is 14.4 Å². The smallest absolute Gasteiger partial charge is 0.252 e. The predicted octanol–water partition coefficient (Wildman–Crippen LogP) is 1.80. The van der Waals surface area contributed by atoms with Crippen molar-refractivity contribution in [2.24, 2.45) is 0 Å². The van der Waals surface area contributed by atoms with Crippen molar-refractivity contribution in [1.82, 2.24) is 10.6 Å². The lowest BCUT2D eigenvalue weighted by Gasteiger charge is -2.07. The van der Waals surface area contributed by atoms with E-state index < -0.39 is 0 Å². The van der Waals surface area contributed by atoms with Crippen LogP contribution in [-0.4, -0.2) is 31.3 Å². The van der Waals surface area contributed by atoms with Crippen molar-refractivity contribution in [3.8, 4) is 0 Å². The third-order valence-corrected chi connectivity index (χ3v) is 3.99. The minimum Gasteiger partial charge on any atom is -0.359 e. The summed E-state index contributed by atoms with van der Waals surface area (Å²) in [5, 5.41) is 11.6. The molecule has 0 aliphatic heterocycles. The van der Waals surface area contributed by atoms with E-state index in [1.54, 1.807) is 42.8 Å². The van der Waals surface area contributed by atoms with Gasteiger partial charge in [-0.1, -0.05) is 12.1 Å². The molecule has 0 saturated heterocycles. The number of carbonyl (C=O) groups excluding carboxylic acids is 3. The second-order valence-corrected chi connectivity index (χ2v) is 5.89. The van der Waals surface area contributed by atoms with Crippen molar-refractivity contribution in [1.29, 1.82) is 0 Å². The van der Waals surface area contributed by atoms with Crippen LogP contribution in [0, 0.1) is 0 Å². The van der Waals surface area contributed by atoms with Gasteiger partial charge in [-0.3, -0.25) is 14.4 Å². The fourth-order valence-corrected chi connectivity index (χ4v) is 2.62. The number of benzene rings is 1. The van der Waals surface area contributed by atoms with E-state index in [0.717, 1.165) is 5.56 Å². The Morgan fingerprint density at radius 2 is 1.79 bits per heavy atom. The second-order valence-electron chi connectivity index (χ2n) is 5.11. The summed E-state index contributed by atoms with van der Waals surface area (Å²) < 4.78 is 0. The number of amides is 3. The average Bonchev–Trinajstić information content (AvgIpc) is 3.11. The van der Waals surface area contributed by atoms with E-state index in [1.807, 2.05) is 5.38 Å². The van der Waals surface area contributed by atoms with E-state index in [9.17, 15) is 14.4 Å². The van der Waals surface area contributed by atoms with E-state index in [-0.39, 0.29) is 30.7 Å². The fourth-order valence-electron chi connectivity index (χ4n) is 1.99. The van der Waals surface area contributed by atoms with Gasteiger partial charge in [-0.25, -0.2) is 0 Å². The van der Waals surface area contributed by atoms with Gasteiger partial charge in [0.2, 0.25) is 11.8 Å². The van der Waals surface area contributed by atoms with Gasteiger partial charge in [-0.05, 0) is 29.1 Å². The third-order valence-electron chi connectivity index (χ3n) is 3.30. The highest BCUT2D eigenvalue weighted by Gasteiger charge is 2.07. The fraction of sp³-hybridized carbons (Fsp3) is 0.235. The van der Waals surface area contributed by atoms with Crippen molar-refractivity contribution in [2.45, 2.75) is 12.8 Å². The number of rotatable bonds is 7. The summed E-state index contributed by atoms with van der Waals surface area (Å²) in [5.74, 6) is -0.421. The number of thiophene rings is 1. The number of carbonyl (C=O) groups is 3. The molecule has 0 aliphatic carbocycles. The average molecular weight is 345 g/mol. The van der Waals surface area contributed by atoms with Gasteiger partial charge in [-0.15, -0.1) is 0 Å². The van der Waals surface area contributed by atoms with Gasteiger partial charge in [0.05, 0.1) is 6.42 Å².